The van der Waals surface area contributed by atoms with Crippen molar-refractivity contribution in [1.82, 2.24) is 10.2 Å². The Morgan fingerprint density at radius 1 is 0.905 bits per heavy atom. The van der Waals surface area contributed by atoms with Crippen LogP contribution in [0.25, 0.3) is 0 Å². The number of nitrogens with zero attached hydrogens (tertiary/aromatic N) is 2. The van der Waals surface area contributed by atoms with E-state index >= 15 is 0 Å². The van der Waals surface area contributed by atoms with Gasteiger partial charge in [0.1, 0.15) is 18.3 Å². The third-order valence-corrected chi connectivity index (χ3v) is 9.30. The van der Waals surface area contributed by atoms with Crippen LogP contribution in [-0.4, -0.2) is 50.4 Å². The van der Waals surface area contributed by atoms with Gasteiger partial charge in [0, 0.05) is 12.6 Å². The second-order valence-electron chi connectivity index (χ2n) is 9.76. The number of hydrogen-bond acceptors (Lipinski definition) is 5. The average molecular weight is 635 g/mol. The third kappa shape index (κ3) is 8.40. The van der Waals surface area contributed by atoms with E-state index in [1.54, 1.807) is 67.6 Å². The number of rotatable bonds is 14. The summed E-state index contributed by atoms with van der Waals surface area (Å²) >= 11 is 12.4. The molecule has 0 aliphatic heterocycles. The SMILES string of the molecule is CCOc1ccc(N(CC(=O)N(Cc2ccc(Cl)c(Cl)c2)[C@H](CC)C(=O)N[C@@H](C)CC)S(=O)(=O)c2ccccc2)cc1. The Bertz CT molecular complexity index is 1450. The van der Waals surface area contributed by atoms with Crippen molar-refractivity contribution in [2.45, 2.75) is 64.1 Å². The van der Waals surface area contributed by atoms with Gasteiger partial charge in [0.15, 0.2) is 0 Å². The predicted molar refractivity (Wildman–Crippen MR) is 168 cm³/mol. The fourth-order valence-electron chi connectivity index (χ4n) is 4.32. The van der Waals surface area contributed by atoms with Gasteiger partial charge in [-0.2, -0.15) is 0 Å². The Balaban J connectivity index is 2.06. The summed E-state index contributed by atoms with van der Waals surface area (Å²) in [6.07, 6.45) is 1.02. The second kappa shape index (κ2) is 15.3. The van der Waals surface area contributed by atoms with E-state index in [0.717, 1.165) is 4.31 Å². The minimum Gasteiger partial charge on any atom is -0.494 e. The van der Waals surface area contributed by atoms with Crippen LogP contribution >= 0.6 is 23.2 Å². The molecule has 2 amide bonds. The van der Waals surface area contributed by atoms with Crippen molar-refractivity contribution >= 4 is 50.7 Å². The number of carbonyl (C=O) groups excluding carboxylic acids is 2. The number of amides is 2. The summed E-state index contributed by atoms with van der Waals surface area (Å²) in [5.74, 6) is -0.307. The lowest BCUT2D eigenvalue weighted by Crippen LogP contribution is -2.53. The molecule has 8 nitrogen and oxygen atoms in total. The lowest BCUT2D eigenvalue weighted by atomic mass is 10.1. The van der Waals surface area contributed by atoms with Crippen molar-refractivity contribution in [2.75, 3.05) is 17.5 Å². The summed E-state index contributed by atoms with van der Waals surface area (Å²) in [4.78, 5) is 29.0. The molecule has 11 heteroatoms. The van der Waals surface area contributed by atoms with E-state index < -0.39 is 28.5 Å². The first-order valence-electron chi connectivity index (χ1n) is 13.9. The molecule has 0 bridgehead atoms. The quantitative estimate of drug-likeness (QED) is 0.224. The van der Waals surface area contributed by atoms with Gasteiger partial charge in [-0.1, -0.05) is 61.3 Å². The normalized spacial score (nSPS) is 12.7. The van der Waals surface area contributed by atoms with Crippen LogP contribution in [0.4, 0.5) is 5.69 Å². The van der Waals surface area contributed by atoms with Gasteiger partial charge < -0.3 is 15.0 Å². The highest BCUT2D eigenvalue weighted by molar-refractivity contribution is 7.92. The zero-order valence-electron chi connectivity index (χ0n) is 24.2. The van der Waals surface area contributed by atoms with Crippen LogP contribution in [0.2, 0.25) is 10.0 Å². The van der Waals surface area contributed by atoms with Gasteiger partial charge in [0.05, 0.1) is 27.2 Å². The molecule has 0 aromatic heterocycles. The summed E-state index contributed by atoms with van der Waals surface area (Å²) in [6, 6.07) is 18.4. The van der Waals surface area contributed by atoms with Crippen LogP contribution in [0.1, 0.15) is 46.1 Å². The fraction of sp³-hybridized carbons (Fsp3) is 0.355. The summed E-state index contributed by atoms with van der Waals surface area (Å²) in [6.45, 7) is 7.42. The molecule has 226 valence electrons. The summed E-state index contributed by atoms with van der Waals surface area (Å²) in [5, 5.41) is 3.62. The van der Waals surface area contributed by atoms with Crippen molar-refractivity contribution in [3.05, 3.63) is 88.4 Å². The van der Waals surface area contributed by atoms with Gasteiger partial charge >= 0.3 is 0 Å². The zero-order valence-corrected chi connectivity index (χ0v) is 26.5. The summed E-state index contributed by atoms with van der Waals surface area (Å²) in [7, 11) is -4.16. The Hall–Kier alpha value is -3.27. The smallest absolute Gasteiger partial charge is 0.264 e. The number of carbonyl (C=O) groups is 2. The molecule has 0 spiro atoms. The topological polar surface area (TPSA) is 96.0 Å². The monoisotopic (exact) mass is 633 g/mol. The van der Waals surface area contributed by atoms with Crippen LogP contribution in [-0.2, 0) is 26.2 Å². The highest BCUT2D eigenvalue weighted by Gasteiger charge is 2.34. The van der Waals surface area contributed by atoms with E-state index in [1.165, 1.54) is 17.0 Å². The largest absolute Gasteiger partial charge is 0.494 e. The van der Waals surface area contributed by atoms with E-state index in [0.29, 0.717) is 40.8 Å². The minimum atomic E-state index is -4.16. The van der Waals surface area contributed by atoms with Crippen molar-refractivity contribution in [3.8, 4) is 5.75 Å². The average Bonchev–Trinajstić information content (AvgIpc) is 2.98. The van der Waals surface area contributed by atoms with E-state index in [4.69, 9.17) is 27.9 Å². The first-order valence-corrected chi connectivity index (χ1v) is 16.1. The zero-order chi connectivity index (χ0) is 30.9. The molecular weight excluding hydrogens is 597 g/mol. The van der Waals surface area contributed by atoms with Crippen LogP contribution < -0.4 is 14.4 Å². The Morgan fingerprint density at radius 2 is 1.57 bits per heavy atom. The number of halogens is 2. The Morgan fingerprint density at radius 3 is 2.14 bits per heavy atom. The number of ether oxygens (including phenoxy) is 1. The van der Waals surface area contributed by atoms with Crippen LogP contribution in [0.5, 0.6) is 5.75 Å². The van der Waals surface area contributed by atoms with Gasteiger partial charge in [-0.25, -0.2) is 8.42 Å². The minimum absolute atomic E-state index is 0.0185. The molecule has 0 aliphatic carbocycles. The Labute approximate surface area is 258 Å². The molecule has 0 saturated carbocycles. The molecule has 0 heterocycles. The maximum Gasteiger partial charge on any atom is 0.264 e. The molecule has 0 saturated heterocycles. The highest BCUT2D eigenvalue weighted by Crippen LogP contribution is 2.28. The van der Waals surface area contributed by atoms with Crippen LogP contribution in [0, 0.1) is 0 Å². The number of anilines is 1. The van der Waals surface area contributed by atoms with Crippen molar-refractivity contribution in [2.24, 2.45) is 0 Å². The first kappa shape index (κ1) is 33.2. The number of sulfonamides is 1. The van der Waals surface area contributed by atoms with E-state index in [9.17, 15) is 18.0 Å². The van der Waals surface area contributed by atoms with Crippen molar-refractivity contribution in [3.63, 3.8) is 0 Å². The molecule has 3 aromatic rings. The standard InChI is InChI=1S/C31H37Cl2N3O5S/c1-5-22(4)34-31(38)29(6-2)35(20-23-13-18-27(32)28(33)19-23)30(37)21-36(24-14-16-25(17-15-24)41-7-3)42(39,40)26-11-9-8-10-12-26/h8-19,22,29H,5-7,20-21H2,1-4H3,(H,34,38)/t22-,29+/m0/s1. The van der Waals surface area contributed by atoms with Crippen LogP contribution in [0.15, 0.2) is 77.7 Å². The molecule has 3 aromatic carbocycles. The molecule has 0 fully saturated rings. The maximum absolute atomic E-state index is 14.1. The number of hydrogen-bond donors (Lipinski definition) is 1. The predicted octanol–water partition coefficient (Wildman–Crippen LogP) is 6.31. The lowest BCUT2D eigenvalue weighted by molar-refractivity contribution is -0.140. The van der Waals surface area contributed by atoms with E-state index in [1.807, 2.05) is 20.8 Å². The molecule has 0 radical (unpaired) electrons. The number of nitrogens with one attached hydrogen (secondary N) is 1. The number of benzene rings is 3. The molecule has 3 rings (SSSR count). The van der Waals surface area contributed by atoms with Gasteiger partial charge in [0.25, 0.3) is 10.0 Å². The van der Waals surface area contributed by atoms with Crippen molar-refractivity contribution in [1.29, 1.82) is 0 Å². The van der Waals surface area contributed by atoms with E-state index in [2.05, 4.69) is 5.32 Å². The molecule has 1 N–H and O–H groups in total. The molecule has 0 unspecified atom stereocenters. The second-order valence-corrected chi connectivity index (χ2v) is 12.4. The van der Waals surface area contributed by atoms with Gasteiger partial charge in [-0.15, -0.1) is 0 Å². The molecule has 2 atom stereocenters. The van der Waals surface area contributed by atoms with Gasteiger partial charge in [0.2, 0.25) is 11.8 Å². The van der Waals surface area contributed by atoms with Gasteiger partial charge in [-0.05, 0) is 80.8 Å². The van der Waals surface area contributed by atoms with Gasteiger partial charge in [-0.3, -0.25) is 13.9 Å². The maximum atomic E-state index is 14.1. The third-order valence-electron chi connectivity index (χ3n) is 6.77. The summed E-state index contributed by atoms with van der Waals surface area (Å²) < 4.78 is 34.4. The fourth-order valence-corrected chi connectivity index (χ4v) is 6.07. The summed E-state index contributed by atoms with van der Waals surface area (Å²) in [5.41, 5.74) is 0.924. The lowest BCUT2D eigenvalue weighted by Gasteiger charge is -2.33. The van der Waals surface area contributed by atoms with Crippen LogP contribution in [0.3, 0.4) is 0 Å². The molecule has 42 heavy (non-hydrogen) atoms. The van der Waals surface area contributed by atoms with Crippen molar-refractivity contribution < 1.29 is 22.7 Å². The molecular formula is C31H37Cl2N3O5S. The first-order chi connectivity index (χ1) is 20.0. The van der Waals surface area contributed by atoms with E-state index in [-0.39, 0.29) is 29.1 Å². The Kier molecular flexibility index (Phi) is 12.1. The highest BCUT2D eigenvalue weighted by atomic mass is 35.5. The molecule has 0 aliphatic rings.